The molecule has 2 aromatic rings. The second-order valence-electron chi connectivity index (χ2n) is 9.77. The van der Waals surface area contributed by atoms with E-state index in [1.807, 2.05) is 12.1 Å². The lowest BCUT2D eigenvalue weighted by Crippen LogP contribution is -2.25. The Morgan fingerprint density at radius 1 is 0.938 bits per heavy atom. The van der Waals surface area contributed by atoms with E-state index in [0.29, 0.717) is 11.5 Å². The second-order valence-corrected chi connectivity index (χ2v) is 10.2. The molecular weight excluding hydrogens is 423 g/mol. The zero-order chi connectivity index (χ0) is 22.5. The Morgan fingerprint density at radius 3 is 2.16 bits per heavy atom. The third-order valence-corrected chi connectivity index (χ3v) is 8.04. The highest BCUT2D eigenvalue weighted by atomic mass is 35.5. The molecule has 172 valence electrons. The Labute approximate surface area is 196 Å². The van der Waals surface area contributed by atoms with Gasteiger partial charge in [-0.15, -0.1) is 0 Å². The first-order valence-electron chi connectivity index (χ1n) is 12.3. The summed E-state index contributed by atoms with van der Waals surface area (Å²) >= 11 is 5.96. The number of hydrogen-bond acceptors (Lipinski definition) is 2. The molecule has 2 saturated carbocycles. The lowest BCUT2D eigenvalue weighted by atomic mass is 9.68. The normalized spacial score (nSPS) is 26.0. The lowest BCUT2D eigenvalue weighted by molar-refractivity contribution is 0.0734. The van der Waals surface area contributed by atoms with Gasteiger partial charge in [-0.25, -0.2) is 9.18 Å². The quantitative estimate of drug-likeness (QED) is 0.321. The number of carbonyl (C=O) groups is 1. The van der Waals surface area contributed by atoms with Gasteiger partial charge in [-0.2, -0.15) is 0 Å². The molecule has 4 rings (SSSR count). The summed E-state index contributed by atoms with van der Waals surface area (Å²) in [6.07, 6.45) is 13.7. The van der Waals surface area contributed by atoms with Gasteiger partial charge in [0.2, 0.25) is 0 Å². The van der Waals surface area contributed by atoms with Crippen molar-refractivity contribution in [3.63, 3.8) is 0 Å². The van der Waals surface area contributed by atoms with Gasteiger partial charge < -0.3 is 4.74 Å². The number of ether oxygens (including phenoxy) is 1. The predicted molar refractivity (Wildman–Crippen MR) is 128 cm³/mol. The van der Waals surface area contributed by atoms with Crippen molar-refractivity contribution in [2.45, 2.75) is 77.0 Å². The van der Waals surface area contributed by atoms with Crippen LogP contribution in [0.5, 0.6) is 5.75 Å². The summed E-state index contributed by atoms with van der Waals surface area (Å²) in [6, 6.07) is 11.5. The minimum absolute atomic E-state index is 0.0885. The Hall–Kier alpha value is -1.87. The molecule has 0 atom stereocenters. The van der Waals surface area contributed by atoms with Crippen molar-refractivity contribution in [1.82, 2.24) is 0 Å². The Bertz CT molecular complexity index is 894. The largest absolute Gasteiger partial charge is 0.421 e. The van der Waals surface area contributed by atoms with Crippen LogP contribution < -0.4 is 4.74 Å². The molecule has 0 radical (unpaired) electrons. The van der Waals surface area contributed by atoms with Gasteiger partial charge in [-0.1, -0.05) is 56.3 Å². The summed E-state index contributed by atoms with van der Waals surface area (Å²) < 4.78 is 18.5. The Kier molecular flexibility index (Phi) is 7.88. The summed E-state index contributed by atoms with van der Waals surface area (Å²) in [5.74, 6) is 2.65. The van der Waals surface area contributed by atoms with Crippen LogP contribution in [0.25, 0.3) is 0 Å². The van der Waals surface area contributed by atoms with Gasteiger partial charge >= 0.3 is 5.97 Å². The van der Waals surface area contributed by atoms with E-state index < -0.39 is 11.8 Å². The molecule has 2 aliphatic carbocycles. The molecule has 0 saturated heterocycles. The van der Waals surface area contributed by atoms with Crippen LogP contribution in [-0.4, -0.2) is 5.97 Å². The molecule has 32 heavy (non-hydrogen) atoms. The topological polar surface area (TPSA) is 26.3 Å². The first-order valence-corrected chi connectivity index (χ1v) is 12.7. The summed E-state index contributed by atoms with van der Waals surface area (Å²) in [5.41, 5.74) is 1.79. The van der Waals surface area contributed by atoms with E-state index in [9.17, 15) is 9.18 Å². The SMILES string of the molecule is CCC[C@H]1CC[C@H]([C@H]2CC[C@H](c3ccc(C(=O)Oc4ccc(F)cc4Cl)cc3)CC2)CC1. The summed E-state index contributed by atoms with van der Waals surface area (Å²) in [6.45, 7) is 2.31. The molecular formula is C28H34ClFO2. The van der Waals surface area contributed by atoms with Gasteiger partial charge in [0, 0.05) is 0 Å². The van der Waals surface area contributed by atoms with Crippen molar-refractivity contribution in [2.75, 3.05) is 0 Å². The van der Waals surface area contributed by atoms with Crippen molar-refractivity contribution < 1.29 is 13.9 Å². The zero-order valence-electron chi connectivity index (χ0n) is 19.0. The van der Waals surface area contributed by atoms with Crippen molar-refractivity contribution in [1.29, 1.82) is 0 Å². The van der Waals surface area contributed by atoms with Crippen LogP contribution in [-0.2, 0) is 0 Å². The molecule has 0 heterocycles. The van der Waals surface area contributed by atoms with E-state index in [1.165, 1.54) is 81.9 Å². The molecule has 0 unspecified atom stereocenters. The first-order chi connectivity index (χ1) is 15.5. The molecule has 0 aliphatic heterocycles. The molecule has 4 heteroatoms. The third kappa shape index (κ3) is 5.73. The minimum Gasteiger partial charge on any atom is -0.421 e. The number of rotatable bonds is 6. The number of benzene rings is 2. The Balaban J connectivity index is 1.28. The van der Waals surface area contributed by atoms with E-state index in [0.717, 1.165) is 23.8 Å². The Morgan fingerprint density at radius 2 is 1.56 bits per heavy atom. The number of esters is 1. The van der Waals surface area contributed by atoms with Crippen molar-refractivity contribution in [2.24, 2.45) is 17.8 Å². The average molecular weight is 457 g/mol. The smallest absolute Gasteiger partial charge is 0.343 e. The molecule has 2 fully saturated rings. The van der Waals surface area contributed by atoms with Crippen molar-refractivity contribution in [3.05, 3.63) is 64.4 Å². The maximum atomic E-state index is 13.2. The molecule has 2 aromatic carbocycles. The molecule has 0 spiro atoms. The van der Waals surface area contributed by atoms with Crippen LogP contribution in [0.1, 0.15) is 93.0 Å². The monoisotopic (exact) mass is 456 g/mol. The highest BCUT2D eigenvalue weighted by Crippen LogP contribution is 2.44. The molecule has 2 aliphatic rings. The van der Waals surface area contributed by atoms with E-state index in [1.54, 1.807) is 0 Å². The van der Waals surface area contributed by atoms with Crippen LogP contribution in [0.2, 0.25) is 5.02 Å². The van der Waals surface area contributed by atoms with Crippen molar-refractivity contribution in [3.8, 4) is 5.75 Å². The molecule has 0 bridgehead atoms. The van der Waals surface area contributed by atoms with Crippen LogP contribution in [0, 0.1) is 23.6 Å². The number of halogens is 2. The van der Waals surface area contributed by atoms with Gasteiger partial charge in [0.05, 0.1) is 10.6 Å². The summed E-state index contributed by atoms with van der Waals surface area (Å²) in [7, 11) is 0. The van der Waals surface area contributed by atoms with Crippen LogP contribution in [0.3, 0.4) is 0 Å². The van der Waals surface area contributed by atoms with Gasteiger partial charge in [0.1, 0.15) is 11.6 Å². The fourth-order valence-electron chi connectivity index (χ4n) is 5.89. The van der Waals surface area contributed by atoms with Crippen molar-refractivity contribution >= 4 is 17.6 Å². The van der Waals surface area contributed by atoms with Gasteiger partial charge in [-0.3, -0.25) is 0 Å². The van der Waals surface area contributed by atoms with Crippen LogP contribution >= 0.6 is 11.6 Å². The summed E-state index contributed by atoms with van der Waals surface area (Å²) in [4.78, 5) is 12.4. The van der Waals surface area contributed by atoms with E-state index in [2.05, 4.69) is 19.1 Å². The number of hydrogen-bond donors (Lipinski definition) is 0. The van der Waals surface area contributed by atoms with E-state index in [4.69, 9.17) is 16.3 Å². The molecule has 0 amide bonds. The lowest BCUT2D eigenvalue weighted by Gasteiger charge is -2.38. The fraction of sp³-hybridized carbons (Fsp3) is 0.536. The van der Waals surface area contributed by atoms with E-state index in [-0.39, 0.29) is 10.8 Å². The zero-order valence-corrected chi connectivity index (χ0v) is 19.8. The first kappa shape index (κ1) is 23.3. The van der Waals surface area contributed by atoms with Crippen LogP contribution in [0.15, 0.2) is 42.5 Å². The highest BCUT2D eigenvalue weighted by molar-refractivity contribution is 6.32. The highest BCUT2D eigenvalue weighted by Gasteiger charge is 2.31. The summed E-state index contributed by atoms with van der Waals surface area (Å²) in [5, 5.41) is 0.0885. The van der Waals surface area contributed by atoms with Crippen LogP contribution in [0.4, 0.5) is 4.39 Å². The van der Waals surface area contributed by atoms with E-state index >= 15 is 0 Å². The second kappa shape index (κ2) is 10.8. The third-order valence-electron chi connectivity index (χ3n) is 7.74. The fourth-order valence-corrected chi connectivity index (χ4v) is 6.09. The average Bonchev–Trinajstić information content (AvgIpc) is 2.82. The maximum Gasteiger partial charge on any atom is 0.343 e. The number of carbonyl (C=O) groups excluding carboxylic acids is 1. The van der Waals surface area contributed by atoms with Gasteiger partial charge in [0.15, 0.2) is 0 Å². The predicted octanol–water partition coefficient (Wildman–Crippen LogP) is 8.58. The molecule has 0 N–H and O–H groups in total. The maximum absolute atomic E-state index is 13.2. The minimum atomic E-state index is -0.479. The van der Waals surface area contributed by atoms with Gasteiger partial charge in [-0.05, 0) is 98.1 Å². The van der Waals surface area contributed by atoms with Gasteiger partial charge in [0.25, 0.3) is 0 Å². The standard InChI is InChI=1S/C28H34ClFO2/c1-2-3-19-4-6-20(7-5-19)21-8-10-22(11-9-21)23-12-14-24(15-13-23)28(31)32-27-17-16-25(30)18-26(27)29/h12-22H,2-11H2,1H3/t19-,20-,21-,22-. The molecule has 2 nitrogen and oxygen atoms in total. The molecule has 0 aromatic heterocycles.